The molecular weight excluding hydrogens is 248 g/mol. The van der Waals surface area contributed by atoms with Gasteiger partial charge >= 0.3 is 0 Å². The van der Waals surface area contributed by atoms with Gasteiger partial charge in [-0.3, -0.25) is 4.90 Å². The molecule has 2 fully saturated rings. The van der Waals surface area contributed by atoms with Crippen molar-refractivity contribution in [1.82, 2.24) is 9.80 Å². The topological polar surface area (TPSA) is 26.7 Å². The van der Waals surface area contributed by atoms with Crippen LogP contribution < -0.4 is 0 Å². The van der Waals surface area contributed by atoms with Crippen molar-refractivity contribution < 1.29 is 5.11 Å². The predicted octanol–water partition coefficient (Wildman–Crippen LogP) is 3.06. The van der Waals surface area contributed by atoms with E-state index in [2.05, 4.69) is 43.7 Å². The van der Waals surface area contributed by atoms with Gasteiger partial charge in [-0.1, -0.05) is 19.4 Å². The maximum absolute atomic E-state index is 10.3. The Hall–Kier alpha value is -0.540. The minimum absolute atomic E-state index is 0.219. The van der Waals surface area contributed by atoms with Gasteiger partial charge in [-0.15, -0.1) is 0 Å². The summed E-state index contributed by atoms with van der Waals surface area (Å²) in [4.78, 5) is 4.73. The molecule has 116 valence electrons. The van der Waals surface area contributed by atoms with Crippen LogP contribution in [0.15, 0.2) is 11.8 Å². The Labute approximate surface area is 124 Å². The minimum Gasteiger partial charge on any atom is -0.378 e. The van der Waals surface area contributed by atoms with Crippen LogP contribution in [0.3, 0.4) is 0 Å². The number of nitrogens with zero attached hydrogens (tertiary/aromatic N) is 2. The fourth-order valence-electron chi connectivity index (χ4n) is 3.55. The standard InChI is InChI=1S/C17H32N2O/c1-14(2)5-6-16(20)19-9-7-17(8-10-19)12-18(13-17)11-15(3)4/h11,14,16,20H,5-10,12-13H2,1-4H3. The number of allylic oxidation sites excluding steroid dienone is 1. The van der Waals surface area contributed by atoms with Gasteiger partial charge in [0.15, 0.2) is 0 Å². The van der Waals surface area contributed by atoms with Gasteiger partial charge < -0.3 is 10.0 Å². The molecule has 2 aliphatic rings. The third-order valence-electron chi connectivity index (χ3n) is 4.80. The first-order chi connectivity index (χ1) is 9.40. The number of hydrogen-bond acceptors (Lipinski definition) is 3. The second-order valence-electron chi connectivity index (χ2n) is 7.60. The van der Waals surface area contributed by atoms with Crippen molar-refractivity contribution in [3.63, 3.8) is 0 Å². The van der Waals surface area contributed by atoms with E-state index < -0.39 is 0 Å². The van der Waals surface area contributed by atoms with Crippen LogP contribution in [0.1, 0.15) is 53.4 Å². The van der Waals surface area contributed by atoms with Crippen LogP contribution in [-0.2, 0) is 0 Å². The van der Waals surface area contributed by atoms with Crippen LogP contribution in [0.4, 0.5) is 0 Å². The van der Waals surface area contributed by atoms with E-state index in [1.807, 2.05) is 0 Å². The average molecular weight is 280 g/mol. The summed E-state index contributed by atoms with van der Waals surface area (Å²) in [6.07, 6.45) is 6.61. The van der Waals surface area contributed by atoms with Crippen LogP contribution in [0.5, 0.6) is 0 Å². The lowest BCUT2D eigenvalue weighted by Gasteiger charge is -2.54. The molecule has 3 heteroatoms. The molecule has 2 rings (SSSR count). The van der Waals surface area contributed by atoms with E-state index in [0.29, 0.717) is 11.3 Å². The Bertz CT molecular complexity index is 331. The molecule has 2 aliphatic heterocycles. The van der Waals surface area contributed by atoms with E-state index in [-0.39, 0.29) is 6.23 Å². The van der Waals surface area contributed by atoms with Crippen molar-refractivity contribution in [1.29, 1.82) is 0 Å². The highest BCUT2D eigenvalue weighted by molar-refractivity contribution is 5.05. The van der Waals surface area contributed by atoms with Crippen molar-refractivity contribution in [3.8, 4) is 0 Å². The lowest BCUT2D eigenvalue weighted by molar-refractivity contribution is -0.0763. The molecule has 2 heterocycles. The molecule has 0 amide bonds. The first-order valence-corrected chi connectivity index (χ1v) is 8.21. The third-order valence-corrected chi connectivity index (χ3v) is 4.80. The van der Waals surface area contributed by atoms with Crippen molar-refractivity contribution in [2.24, 2.45) is 11.3 Å². The molecule has 2 saturated heterocycles. The summed E-state index contributed by atoms with van der Waals surface area (Å²) < 4.78 is 0. The maximum atomic E-state index is 10.3. The molecule has 0 aromatic heterocycles. The summed E-state index contributed by atoms with van der Waals surface area (Å²) in [6, 6.07) is 0. The Morgan fingerprint density at radius 3 is 2.25 bits per heavy atom. The molecule has 1 spiro atoms. The first kappa shape index (κ1) is 15.8. The van der Waals surface area contributed by atoms with E-state index in [0.717, 1.165) is 25.9 Å². The number of piperidine rings is 1. The van der Waals surface area contributed by atoms with Gasteiger partial charge in [0.2, 0.25) is 0 Å². The molecule has 0 aliphatic carbocycles. The van der Waals surface area contributed by atoms with Crippen molar-refractivity contribution in [2.75, 3.05) is 26.2 Å². The van der Waals surface area contributed by atoms with Gasteiger partial charge in [-0.2, -0.15) is 0 Å². The van der Waals surface area contributed by atoms with E-state index in [4.69, 9.17) is 0 Å². The summed E-state index contributed by atoms with van der Waals surface area (Å²) >= 11 is 0. The van der Waals surface area contributed by atoms with Gasteiger partial charge in [0.25, 0.3) is 0 Å². The predicted molar refractivity (Wildman–Crippen MR) is 84.3 cm³/mol. The quantitative estimate of drug-likeness (QED) is 0.838. The van der Waals surface area contributed by atoms with E-state index >= 15 is 0 Å². The second-order valence-corrected chi connectivity index (χ2v) is 7.60. The molecule has 0 saturated carbocycles. The zero-order valence-corrected chi connectivity index (χ0v) is 13.7. The molecule has 0 aromatic carbocycles. The highest BCUT2D eigenvalue weighted by atomic mass is 16.3. The number of likely N-dealkylation sites (tertiary alicyclic amines) is 2. The molecule has 0 radical (unpaired) electrons. The van der Waals surface area contributed by atoms with Crippen molar-refractivity contribution >= 4 is 0 Å². The lowest BCUT2D eigenvalue weighted by Crippen LogP contribution is -2.59. The van der Waals surface area contributed by atoms with Gasteiger partial charge in [0, 0.05) is 31.6 Å². The van der Waals surface area contributed by atoms with Gasteiger partial charge in [-0.05, 0) is 51.6 Å². The lowest BCUT2D eigenvalue weighted by atomic mass is 9.72. The summed E-state index contributed by atoms with van der Waals surface area (Å²) in [7, 11) is 0. The van der Waals surface area contributed by atoms with Crippen LogP contribution in [0, 0.1) is 11.3 Å². The third kappa shape index (κ3) is 3.98. The van der Waals surface area contributed by atoms with Crippen LogP contribution in [0.25, 0.3) is 0 Å². The molecular formula is C17H32N2O. The molecule has 1 unspecified atom stereocenters. The largest absolute Gasteiger partial charge is 0.378 e. The summed E-state index contributed by atoms with van der Waals surface area (Å²) in [5.74, 6) is 0.685. The molecule has 1 atom stereocenters. The molecule has 3 nitrogen and oxygen atoms in total. The highest BCUT2D eigenvalue weighted by Gasteiger charge is 2.44. The first-order valence-electron chi connectivity index (χ1n) is 8.21. The van der Waals surface area contributed by atoms with E-state index in [1.165, 1.54) is 31.5 Å². The minimum atomic E-state index is -0.219. The number of aliphatic hydroxyl groups is 1. The Morgan fingerprint density at radius 1 is 1.15 bits per heavy atom. The zero-order chi connectivity index (χ0) is 14.8. The molecule has 0 bridgehead atoms. The van der Waals surface area contributed by atoms with Crippen molar-refractivity contribution in [3.05, 3.63) is 11.8 Å². The zero-order valence-electron chi connectivity index (χ0n) is 13.7. The molecule has 1 N–H and O–H groups in total. The van der Waals surface area contributed by atoms with E-state index in [9.17, 15) is 5.11 Å². The monoisotopic (exact) mass is 280 g/mol. The fraction of sp³-hybridized carbons (Fsp3) is 0.882. The van der Waals surface area contributed by atoms with Gasteiger partial charge in [-0.25, -0.2) is 0 Å². The van der Waals surface area contributed by atoms with Crippen LogP contribution >= 0.6 is 0 Å². The van der Waals surface area contributed by atoms with Crippen molar-refractivity contribution in [2.45, 2.75) is 59.6 Å². The summed E-state index contributed by atoms with van der Waals surface area (Å²) in [6.45, 7) is 13.4. The van der Waals surface area contributed by atoms with Gasteiger partial charge in [0.05, 0.1) is 0 Å². The molecule has 0 aromatic rings. The number of rotatable bonds is 5. The Balaban J connectivity index is 1.72. The van der Waals surface area contributed by atoms with Gasteiger partial charge in [0.1, 0.15) is 6.23 Å². The second kappa shape index (κ2) is 6.48. The average Bonchev–Trinajstić information content (AvgIpc) is 2.34. The highest BCUT2D eigenvalue weighted by Crippen LogP contribution is 2.41. The number of hydrogen-bond donors (Lipinski definition) is 1. The summed E-state index contributed by atoms with van der Waals surface area (Å²) in [5.41, 5.74) is 1.93. The summed E-state index contributed by atoms with van der Waals surface area (Å²) in [5, 5.41) is 10.3. The van der Waals surface area contributed by atoms with E-state index in [1.54, 1.807) is 0 Å². The van der Waals surface area contributed by atoms with Crippen LogP contribution in [0.2, 0.25) is 0 Å². The molecule has 20 heavy (non-hydrogen) atoms. The van der Waals surface area contributed by atoms with Crippen LogP contribution in [-0.4, -0.2) is 47.3 Å². The maximum Gasteiger partial charge on any atom is 0.107 e. The SMILES string of the molecule is CC(C)=CN1CC2(CCN(C(O)CCC(C)C)CC2)C1. The number of aliphatic hydroxyl groups excluding tert-OH is 1. The smallest absolute Gasteiger partial charge is 0.107 e. The normalized spacial score (nSPS) is 23.8. The fourth-order valence-corrected chi connectivity index (χ4v) is 3.55. The Kier molecular flexibility index (Phi) is 5.14. The Morgan fingerprint density at radius 2 is 1.75 bits per heavy atom.